The van der Waals surface area contributed by atoms with Crippen molar-refractivity contribution in [3.05, 3.63) is 37.2 Å². The predicted molar refractivity (Wildman–Crippen MR) is 74.4 cm³/mol. The summed E-state index contributed by atoms with van der Waals surface area (Å²) in [4.78, 5) is 4.02. The summed E-state index contributed by atoms with van der Waals surface area (Å²) in [5.41, 5.74) is 1.02. The first-order valence-electron chi connectivity index (χ1n) is 5.83. The highest BCUT2D eigenvalue weighted by atomic mass is 32.2. The molecule has 0 spiro atoms. The monoisotopic (exact) mass is 260 g/mol. The third kappa shape index (κ3) is 2.79. The minimum absolute atomic E-state index is 0.475. The van der Waals surface area contributed by atoms with Gasteiger partial charge in [0.15, 0.2) is 11.0 Å². The van der Waals surface area contributed by atoms with Gasteiger partial charge in [0.05, 0.1) is 0 Å². The molecule has 0 aliphatic heterocycles. The largest absolute Gasteiger partial charge is 0.298 e. The smallest absolute Gasteiger partial charge is 0.192 e. The molecule has 0 radical (unpaired) electrons. The number of hydrogen-bond donors (Lipinski definition) is 0. The van der Waals surface area contributed by atoms with E-state index in [0.717, 1.165) is 16.5 Å². The zero-order chi connectivity index (χ0) is 13.0. The number of aromatic nitrogens is 4. The molecule has 0 saturated carbocycles. The standard InChI is InChI=1S/C13H16N4S/c1-4-9-17-12(11-5-7-14-8-6-11)15-16-13(17)18-10(2)3/h4-8,10H,1,9H2,2-3H3. The van der Waals surface area contributed by atoms with Crippen molar-refractivity contribution >= 4 is 11.8 Å². The van der Waals surface area contributed by atoms with Crippen LogP contribution in [0.15, 0.2) is 42.3 Å². The van der Waals surface area contributed by atoms with E-state index in [1.165, 1.54) is 0 Å². The van der Waals surface area contributed by atoms with Crippen molar-refractivity contribution in [3.8, 4) is 11.4 Å². The molecule has 0 unspecified atom stereocenters. The summed E-state index contributed by atoms with van der Waals surface area (Å²) < 4.78 is 2.08. The third-order valence-electron chi connectivity index (χ3n) is 2.31. The second-order valence-electron chi connectivity index (χ2n) is 4.11. The Bertz CT molecular complexity index is 519. The predicted octanol–water partition coefficient (Wildman–Crippen LogP) is 3.03. The van der Waals surface area contributed by atoms with E-state index >= 15 is 0 Å². The summed E-state index contributed by atoms with van der Waals surface area (Å²) in [6.07, 6.45) is 5.38. The van der Waals surface area contributed by atoms with Gasteiger partial charge in [-0.15, -0.1) is 16.8 Å². The van der Waals surface area contributed by atoms with E-state index in [4.69, 9.17) is 0 Å². The molecule has 0 aliphatic rings. The maximum Gasteiger partial charge on any atom is 0.192 e. The van der Waals surface area contributed by atoms with Crippen molar-refractivity contribution in [2.45, 2.75) is 30.8 Å². The molecule has 0 amide bonds. The number of hydrogen-bond acceptors (Lipinski definition) is 4. The molecule has 18 heavy (non-hydrogen) atoms. The highest BCUT2D eigenvalue weighted by molar-refractivity contribution is 7.99. The lowest BCUT2D eigenvalue weighted by Gasteiger charge is -2.08. The Kier molecular flexibility index (Phi) is 4.15. The second kappa shape index (κ2) is 5.82. The molecular weight excluding hydrogens is 244 g/mol. The molecular formula is C13H16N4S. The Morgan fingerprint density at radius 3 is 2.67 bits per heavy atom. The third-order valence-corrected chi connectivity index (χ3v) is 3.29. The minimum Gasteiger partial charge on any atom is -0.298 e. The molecule has 4 nitrogen and oxygen atoms in total. The average Bonchev–Trinajstić information content (AvgIpc) is 2.73. The normalized spacial score (nSPS) is 10.8. The van der Waals surface area contributed by atoms with Gasteiger partial charge < -0.3 is 0 Å². The van der Waals surface area contributed by atoms with Crippen molar-refractivity contribution in [1.82, 2.24) is 19.7 Å². The van der Waals surface area contributed by atoms with Gasteiger partial charge in [-0.3, -0.25) is 9.55 Å². The molecule has 0 N–H and O–H groups in total. The van der Waals surface area contributed by atoms with Crippen molar-refractivity contribution in [3.63, 3.8) is 0 Å². The molecule has 0 fully saturated rings. The van der Waals surface area contributed by atoms with Gasteiger partial charge in [0.1, 0.15) is 0 Å². The van der Waals surface area contributed by atoms with Crippen LogP contribution in [-0.2, 0) is 6.54 Å². The minimum atomic E-state index is 0.475. The van der Waals surface area contributed by atoms with Crippen LogP contribution in [0.2, 0.25) is 0 Å². The van der Waals surface area contributed by atoms with E-state index in [0.29, 0.717) is 11.8 Å². The van der Waals surface area contributed by atoms with Crippen LogP contribution < -0.4 is 0 Å². The zero-order valence-corrected chi connectivity index (χ0v) is 11.4. The summed E-state index contributed by atoms with van der Waals surface area (Å²) in [6.45, 7) is 8.79. The lowest BCUT2D eigenvalue weighted by Crippen LogP contribution is -2.02. The van der Waals surface area contributed by atoms with E-state index in [-0.39, 0.29) is 0 Å². The number of nitrogens with zero attached hydrogens (tertiary/aromatic N) is 4. The summed E-state index contributed by atoms with van der Waals surface area (Å²) in [5, 5.41) is 9.94. The summed E-state index contributed by atoms with van der Waals surface area (Å²) in [7, 11) is 0. The van der Waals surface area contributed by atoms with E-state index in [1.807, 2.05) is 18.2 Å². The van der Waals surface area contributed by atoms with E-state index in [2.05, 4.69) is 40.2 Å². The molecule has 94 valence electrons. The molecule has 0 bridgehead atoms. The molecule has 2 aromatic heterocycles. The van der Waals surface area contributed by atoms with Crippen LogP contribution in [0, 0.1) is 0 Å². The van der Waals surface area contributed by atoms with Crippen LogP contribution in [0.4, 0.5) is 0 Å². The molecule has 2 rings (SSSR count). The SMILES string of the molecule is C=CCn1c(SC(C)C)nnc1-c1ccncc1. The first kappa shape index (κ1) is 12.8. The van der Waals surface area contributed by atoms with Gasteiger partial charge in [-0.2, -0.15) is 0 Å². The van der Waals surface area contributed by atoms with Gasteiger partial charge in [-0.25, -0.2) is 0 Å². The van der Waals surface area contributed by atoms with Gasteiger partial charge in [0, 0.05) is 29.8 Å². The van der Waals surface area contributed by atoms with Gasteiger partial charge in [-0.05, 0) is 12.1 Å². The molecule has 0 aliphatic carbocycles. The first-order chi connectivity index (χ1) is 8.72. The van der Waals surface area contributed by atoms with Crippen molar-refractivity contribution in [1.29, 1.82) is 0 Å². The van der Waals surface area contributed by atoms with E-state index in [1.54, 1.807) is 24.2 Å². The molecule has 0 atom stereocenters. The summed E-state index contributed by atoms with van der Waals surface area (Å²) >= 11 is 1.71. The Labute approximate surface area is 111 Å². The number of pyridine rings is 1. The van der Waals surface area contributed by atoms with Gasteiger partial charge >= 0.3 is 0 Å². The Morgan fingerprint density at radius 1 is 1.33 bits per heavy atom. The van der Waals surface area contributed by atoms with Crippen LogP contribution in [0.5, 0.6) is 0 Å². The van der Waals surface area contributed by atoms with Gasteiger partial charge in [0.2, 0.25) is 0 Å². The first-order valence-corrected chi connectivity index (χ1v) is 6.71. The molecule has 2 aromatic rings. The Balaban J connectivity index is 2.42. The lowest BCUT2D eigenvalue weighted by molar-refractivity contribution is 0.729. The fraction of sp³-hybridized carbons (Fsp3) is 0.308. The number of thioether (sulfide) groups is 1. The van der Waals surface area contributed by atoms with E-state index in [9.17, 15) is 0 Å². The van der Waals surface area contributed by atoms with Crippen LogP contribution >= 0.6 is 11.8 Å². The zero-order valence-electron chi connectivity index (χ0n) is 10.6. The van der Waals surface area contributed by atoms with Crippen LogP contribution in [0.3, 0.4) is 0 Å². The Hall–Kier alpha value is -1.62. The van der Waals surface area contributed by atoms with Crippen molar-refractivity contribution in [2.75, 3.05) is 0 Å². The highest BCUT2D eigenvalue weighted by Crippen LogP contribution is 2.26. The van der Waals surface area contributed by atoms with Gasteiger partial charge in [-0.1, -0.05) is 31.7 Å². The number of allylic oxidation sites excluding steroid dienone is 1. The summed E-state index contributed by atoms with van der Waals surface area (Å²) in [6, 6.07) is 3.88. The molecule has 2 heterocycles. The van der Waals surface area contributed by atoms with Gasteiger partial charge in [0.25, 0.3) is 0 Å². The van der Waals surface area contributed by atoms with Crippen LogP contribution in [0.25, 0.3) is 11.4 Å². The molecule has 5 heteroatoms. The summed E-state index contributed by atoms with van der Waals surface area (Å²) in [5.74, 6) is 0.862. The van der Waals surface area contributed by atoms with Crippen LogP contribution in [0.1, 0.15) is 13.8 Å². The molecule has 0 aromatic carbocycles. The van der Waals surface area contributed by atoms with E-state index < -0.39 is 0 Å². The Morgan fingerprint density at radius 2 is 2.06 bits per heavy atom. The second-order valence-corrected chi connectivity index (χ2v) is 5.65. The van der Waals surface area contributed by atoms with Crippen molar-refractivity contribution < 1.29 is 0 Å². The molecule has 0 saturated heterocycles. The number of rotatable bonds is 5. The fourth-order valence-corrected chi connectivity index (χ4v) is 2.39. The quantitative estimate of drug-likeness (QED) is 0.612. The maximum absolute atomic E-state index is 4.27. The lowest BCUT2D eigenvalue weighted by atomic mass is 10.2. The average molecular weight is 260 g/mol. The topological polar surface area (TPSA) is 43.6 Å². The fourth-order valence-electron chi connectivity index (χ4n) is 1.59. The maximum atomic E-state index is 4.27. The van der Waals surface area contributed by atoms with Crippen LogP contribution in [-0.4, -0.2) is 25.0 Å². The highest BCUT2D eigenvalue weighted by Gasteiger charge is 2.14. The van der Waals surface area contributed by atoms with Crippen molar-refractivity contribution in [2.24, 2.45) is 0 Å².